The molecule has 0 aliphatic carbocycles. The van der Waals surface area contributed by atoms with Gasteiger partial charge in [-0.1, -0.05) is 30.3 Å². The Morgan fingerprint density at radius 1 is 1.16 bits per heavy atom. The Morgan fingerprint density at radius 2 is 1.96 bits per heavy atom. The van der Waals surface area contributed by atoms with Gasteiger partial charge in [-0.25, -0.2) is 4.98 Å². The Balaban J connectivity index is 1.47. The number of fused-ring (bicyclic) bond motifs is 1. The predicted octanol–water partition coefficient (Wildman–Crippen LogP) is 3.74. The molecule has 0 spiro atoms. The van der Waals surface area contributed by atoms with Crippen LogP contribution in [0.2, 0.25) is 0 Å². The number of aryl methyl sites for hydroxylation is 1. The number of aliphatic hydroxyl groups excluding tert-OH is 1. The van der Waals surface area contributed by atoms with Crippen LogP contribution >= 0.6 is 0 Å². The molecule has 1 atom stereocenters. The minimum Gasteiger partial charge on any atom is -0.392 e. The molecule has 0 radical (unpaired) electrons. The monoisotopic (exact) mass is 335 g/mol. The zero-order valence-electron chi connectivity index (χ0n) is 14.7. The summed E-state index contributed by atoms with van der Waals surface area (Å²) in [6, 6.07) is 14.7. The Hall–Kier alpha value is -2.17. The Morgan fingerprint density at radius 3 is 2.76 bits per heavy atom. The smallest absolute Gasteiger partial charge is 0.111 e. The second kappa shape index (κ2) is 6.98. The molecule has 1 aliphatic rings. The van der Waals surface area contributed by atoms with Crippen molar-refractivity contribution >= 4 is 11.0 Å². The van der Waals surface area contributed by atoms with Gasteiger partial charge in [0.25, 0.3) is 0 Å². The number of rotatable bonds is 4. The molecule has 2 aromatic carbocycles. The Labute approximate surface area is 148 Å². The van der Waals surface area contributed by atoms with Crippen molar-refractivity contribution in [3.8, 4) is 0 Å². The van der Waals surface area contributed by atoms with Crippen LogP contribution in [0.1, 0.15) is 41.3 Å². The van der Waals surface area contributed by atoms with Crippen molar-refractivity contribution in [3.63, 3.8) is 0 Å². The number of hydrogen-bond acceptors (Lipinski definition) is 3. The van der Waals surface area contributed by atoms with Crippen molar-refractivity contribution in [1.82, 2.24) is 14.9 Å². The van der Waals surface area contributed by atoms with Crippen LogP contribution in [0.4, 0.5) is 0 Å². The predicted molar refractivity (Wildman–Crippen MR) is 100 cm³/mol. The van der Waals surface area contributed by atoms with Crippen molar-refractivity contribution in [1.29, 1.82) is 0 Å². The van der Waals surface area contributed by atoms with Crippen LogP contribution in [-0.2, 0) is 13.2 Å². The van der Waals surface area contributed by atoms with Gasteiger partial charge in [0.05, 0.1) is 17.6 Å². The molecule has 130 valence electrons. The number of imidazole rings is 1. The van der Waals surface area contributed by atoms with Gasteiger partial charge in [0.1, 0.15) is 5.82 Å². The van der Waals surface area contributed by atoms with E-state index in [1.54, 1.807) is 0 Å². The average Bonchev–Trinajstić information content (AvgIpc) is 3.06. The first kappa shape index (κ1) is 16.3. The fourth-order valence-corrected chi connectivity index (χ4v) is 3.77. The number of H-pyrrole nitrogens is 1. The lowest BCUT2D eigenvalue weighted by Gasteiger charge is -2.31. The summed E-state index contributed by atoms with van der Waals surface area (Å²) in [6.45, 7) is 5.36. The number of aliphatic hydroxyl groups is 1. The van der Waals surface area contributed by atoms with Crippen LogP contribution in [-0.4, -0.2) is 33.1 Å². The van der Waals surface area contributed by atoms with Crippen molar-refractivity contribution in [3.05, 3.63) is 65.0 Å². The van der Waals surface area contributed by atoms with E-state index in [-0.39, 0.29) is 6.61 Å². The second-order valence-corrected chi connectivity index (χ2v) is 7.19. The van der Waals surface area contributed by atoms with Gasteiger partial charge in [0.15, 0.2) is 0 Å². The first-order valence-corrected chi connectivity index (χ1v) is 9.08. The van der Waals surface area contributed by atoms with E-state index < -0.39 is 0 Å². The molecule has 0 saturated carbocycles. The van der Waals surface area contributed by atoms with E-state index in [9.17, 15) is 0 Å². The lowest BCUT2D eigenvalue weighted by Crippen LogP contribution is -2.34. The number of nitrogens with one attached hydrogen (secondary N) is 1. The van der Waals surface area contributed by atoms with Gasteiger partial charge >= 0.3 is 0 Å². The van der Waals surface area contributed by atoms with Crippen molar-refractivity contribution in [2.24, 2.45) is 0 Å². The normalized spacial score (nSPS) is 18.7. The van der Waals surface area contributed by atoms with Gasteiger partial charge in [0.2, 0.25) is 0 Å². The molecule has 1 fully saturated rings. The molecule has 1 unspecified atom stereocenters. The topological polar surface area (TPSA) is 52.1 Å². The first-order valence-electron chi connectivity index (χ1n) is 9.08. The summed E-state index contributed by atoms with van der Waals surface area (Å²) in [5.41, 5.74) is 5.75. The molecule has 2 heterocycles. The number of benzene rings is 2. The van der Waals surface area contributed by atoms with Gasteiger partial charge < -0.3 is 10.1 Å². The standard InChI is InChI=1S/C21H25N3O/c1-15-4-9-19-20(11-15)23-21(22-19)18-3-2-10-24(13-18)12-16-5-7-17(14-25)8-6-16/h4-9,11,18,25H,2-3,10,12-14H2,1H3,(H,22,23). The summed E-state index contributed by atoms with van der Waals surface area (Å²) in [7, 11) is 0. The van der Waals surface area contributed by atoms with Crippen molar-refractivity contribution in [2.45, 2.75) is 38.8 Å². The highest BCUT2D eigenvalue weighted by molar-refractivity contribution is 5.75. The zero-order chi connectivity index (χ0) is 17.2. The second-order valence-electron chi connectivity index (χ2n) is 7.19. The lowest BCUT2D eigenvalue weighted by atomic mass is 9.97. The van der Waals surface area contributed by atoms with Gasteiger partial charge in [-0.3, -0.25) is 4.90 Å². The maximum atomic E-state index is 9.17. The number of aromatic amines is 1. The highest BCUT2D eigenvalue weighted by atomic mass is 16.3. The van der Waals surface area contributed by atoms with Gasteiger partial charge in [-0.05, 0) is 55.1 Å². The van der Waals surface area contributed by atoms with E-state index in [4.69, 9.17) is 10.1 Å². The third-order valence-electron chi connectivity index (χ3n) is 5.16. The fourth-order valence-electron chi connectivity index (χ4n) is 3.77. The maximum absolute atomic E-state index is 9.17. The number of piperidine rings is 1. The maximum Gasteiger partial charge on any atom is 0.111 e. The highest BCUT2D eigenvalue weighted by Crippen LogP contribution is 2.28. The van der Waals surface area contributed by atoms with Crippen LogP contribution in [0, 0.1) is 6.92 Å². The molecule has 4 nitrogen and oxygen atoms in total. The lowest BCUT2D eigenvalue weighted by molar-refractivity contribution is 0.197. The first-order chi connectivity index (χ1) is 12.2. The van der Waals surface area contributed by atoms with E-state index in [1.165, 1.54) is 24.0 Å². The van der Waals surface area contributed by atoms with E-state index in [0.29, 0.717) is 5.92 Å². The number of nitrogens with zero attached hydrogens (tertiary/aromatic N) is 2. The molecule has 0 bridgehead atoms. The molecule has 2 N–H and O–H groups in total. The van der Waals surface area contributed by atoms with Crippen molar-refractivity contribution in [2.75, 3.05) is 13.1 Å². The Kier molecular flexibility index (Phi) is 4.55. The van der Waals surface area contributed by atoms with Crippen LogP contribution in [0.3, 0.4) is 0 Å². The zero-order valence-corrected chi connectivity index (χ0v) is 14.7. The number of hydrogen-bond donors (Lipinski definition) is 2. The number of likely N-dealkylation sites (tertiary alicyclic amines) is 1. The van der Waals surface area contributed by atoms with Crippen molar-refractivity contribution < 1.29 is 5.11 Å². The molecule has 25 heavy (non-hydrogen) atoms. The van der Waals surface area contributed by atoms with Crippen LogP contribution in [0.5, 0.6) is 0 Å². The molecule has 3 aromatic rings. The molecular weight excluding hydrogens is 310 g/mol. The molecule has 0 amide bonds. The minimum absolute atomic E-state index is 0.109. The summed E-state index contributed by atoms with van der Waals surface area (Å²) in [5.74, 6) is 1.60. The Bertz CT molecular complexity index is 853. The van der Waals surface area contributed by atoms with E-state index in [1.807, 2.05) is 12.1 Å². The van der Waals surface area contributed by atoms with Crippen LogP contribution in [0.25, 0.3) is 11.0 Å². The summed E-state index contributed by atoms with van der Waals surface area (Å²) in [4.78, 5) is 10.9. The molecule has 4 heteroatoms. The quantitative estimate of drug-likeness (QED) is 0.763. The molecular formula is C21H25N3O. The average molecular weight is 335 g/mol. The number of aromatic nitrogens is 2. The summed E-state index contributed by atoms with van der Waals surface area (Å²) in [5, 5.41) is 9.17. The molecule has 4 rings (SSSR count). The van der Waals surface area contributed by atoms with Gasteiger partial charge in [-0.15, -0.1) is 0 Å². The molecule has 1 aromatic heterocycles. The largest absolute Gasteiger partial charge is 0.392 e. The highest BCUT2D eigenvalue weighted by Gasteiger charge is 2.23. The van der Waals surface area contributed by atoms with E-state index in [0.717, 1.165) is 42.1 Å². The minimum atomic E-state index is 0.109. The van der Waals surface area contributed by atoms with Gasteiger partial charge in [0, 0.05) is 19.0 Å². The third kappa shape index (κ3) is 3.60. The fraction of sp³-hybridized carbons (Fsp3) is 0.381. The van der Waals surface area contributed by atoms with E-state index in [2.05, 4.69) is 47.1 Å². The van der Waals surface area contributed by atoms with Crippen LogP contribution in [0.15, 0.2) is 42.5 Å². The SMILES string of the molecule is Cc1ccc2nc(C3CCCN(Cc4ccc(CO)cc4)C3)[nH]c2c1. The van der Waals surface area contributed by atoms with E-state index >= 15 is 0 Å². The van der Waals surface area contributed by atoms with Crippen LogP contribution < -0.4 is 0 Å². The summed E-state index contributed by atoms with van der Waals surface area (Å²) in [6.07, 6.45) is 2.40. The van der Waals surface area contributed by atoms with Gasteiger partial charge in [-0.2, -0.15) is 0 Å². The molecule has 1 saturated heterocycles. The summed E-state index contributed by atoms with van der Waals surface area (Å²) < 4.78 is 0. The summed E-state index contributed by atoms with van der Waals surface area (Å²) >= 11 is 0. The third-order valence-corrected chi connectivity index (χ3v) is 5.16. The molecule has 1 aliphatic heterocycles.